The molecule has 1 aromatic rings. The Hall–Kier alpha value is -1.03. The van der Waals surface area contributed by atoms with Gasteiger partial charge in [0.2, 0.25) is 0 Å². The molecular weight excluding hydrogens is 226 g/mol. The van der Waals surface area contributed by atoms with Crippen molar-refractivity contribution < 1.29 is 4.42 Å². The molecule has 102 valence electrons. The summed E-state index contributed by atoms with van der Waals surface area (Å²) in [6.07, 6.45) is 9.50. The van der Waals surface area contributed by atoms with E-state index in [2.05, 4.69) is 22.1 Å². The molecule has 1 aliphatic heterocycles. The van der Waals surface area contributed by atoms with Crippen molar-refractivity contribution in [3.8, 4) is 0 Å². The summed E-state index contributed by atoms with van der Waals surface area (Å²) in [5.41, 5.74) is 1.01. The fourth-order valence-corrected chi connectivity index (χ4v) is 2.35. The third kappa shape index (κ3) is 4.02. The second-order valence-corrected chi connectivity index (χ2v) is 5.05. The van der Waals surface area contributed by atoms with E-state index in [-0.39, 0.29) is 0 Å². The first-order valence-electron chi connectivity index (χ1n) is 7.30. The predicted molar refractivity (Wildman–Crippen MR) is 73.8 cm³/mol. The normalized spacial score (nSPS) is 17.5. The summed E-state index contributed by atoms with van der Waals surface area (Å²) in [5, 5.41) is 3.35. The maximum Gasteiger partial charge on any atom is 0.297 e. The van der Waals surface area contributed by atoms with Gasteiger partial charge in [0.25, 0.3) is 6.01 Å². The van der Waals surface area contributed by atoms with E-state index >= 15 is 0 Å². The lowest BCUT2D eigenvalue weighted by Gasteiger charge is -2.22. The van der Waals surface area contributed by atoms with Crippen LogP contribution in [-0.2, 0) is 6.54 Å². The molecule has 0 aromatic carbocycles. The van der Waals surface area contributed by atoms with Crippen molar-refractivity contribution in [2.45, 2.75) is 52.0 Å². The molecule has 0 aliphatic carbocycles. The average molecular weight is 251 g/mol. The summed E-state index contributed by atoms with van der Waals surface area (Å²) in [6, 6.07) is 0.810. The number of nitrogens with zero attached hydrogens (tertiary/aromatic N) is 2. The number of rotatable bonds is 5. The molecule has 18 heavy (non-hydrogen) atoms. The molecule has 2 rings (SSSR count). The summed E-state index contributed by atoms with van der Waals surface area (Å²) >= 11 is 0. The molecule has 0 spiro atoms. The first kappa shape index (κ1) is 13.4. The van der Waals surface area contributed by atoms with Gasteiger partial charge in [-0.3, -0.25) is 0 Å². The molecule has 0 radical (unpaired) electrons. The highest BCUT2D eigenvalue weighted by Crippen LogP contribution is 2.18. The monoisotopic (exact) mass is 251 g/mol. The molecule has 1 aromatic heterocycles. The third-order valence-corrected chi connectivity index (χ3v) is 3.40. The Morgan fingerprint density at radius 3 is 2.67 bits per heavy atom. The number of nitrogens with one attached hydrogen (secondary N) is 1. The van der Waals surface area contributed by atoms with E-state index < -0.39 is 0 Å². The molecule has 0 atom stereocenters. The molecular formula is C14H25N3O. The van der Waals surface area contributed by atoms with Gasteiger partial charge in [0.05, 0.1) is 5.69 Å². The van der Waals surface area contributed by atoms with Crippen molar-refractivity contribution >= 4 is 6.01 Å². The van der Waals surface area contributed by atoms with Crippen molar-refractivity contribution in [1.82, 2.24) is 10.3 Å². The van der Waals surface area contributed by atoms with E-state index in [1.807, 2.05) is 0 Å². The van der Waals surface area contributed by atoms with Gasteiger partial charge in [0.15, 0.2) is 0 Å². The number of hydrogen-bond donors (Lipinski definition) is 1. The third-order valence-electron chi connectivity index (χ3n) is 3.40. The Balaban J connectivity index is 1.86. The summed E-state index contributed by atoms with van der Waals surface area (Å²) in [7, 11) is 0. The summed E-state index contributed by atoms with van der Waals surface area (Å²) in [5.74, 6) is 0. The van der Waals surface area contributed by atoms with Crippen LogP contribution in [0.1, 0.15) is 51.1 Å². The lowest BCUT2D eigenvalue weighted by Crippen LogP contribution is -2.27. The minimum Gasteiger partial charge on any atom is -0.432 e. The first-order chi connectivity index (χ1) is 8.90. The molecule has 1 N–H and O–H groups in total. The molecule has 1 saturated heterocycles. The van der Waals surface area contributed by atoms with Gasteiger partial charge in [-0.2, -0.15) is 4.98 Å². The zero-order valence-corrected chi connectivity index (χ0v) is 11.5. The van der Waals surface area contributed by atoms with Crippen LogP contribution in [0.15, 0.2) is 10.7 Å². The Morgan fingerprint density at radius 2 is 1.94 bits per heavy atom. The summed E-state index contributed by atoms with van der Waals surface area (Å²) in [4.78, 5) is 6.87. The van der Waals surface area contributed by atoms with E-state index in [1.54, 1.807) is 6.26 Å². The highest BCUT2D eigenvalue weighted by molar-refractivity contribution is 5.26. The van der Waals surface area contributed by atoms with Crippen LogP contribution in [0.3, 0.4) is 0 Å². The van der Waals surface area contributed by atoms with Gasteiger partial charge < -0.3 is 14.6 Å². The second kappa shape index (κ2) is 7.41. The molecule has 0 bridgehead atoms. The Morgan fingerprint density at radius 1 is 1.22 bits per heavy atom. The Labute approximate surface area is 110 Å². The fourth-order valence-electron chi connectivity index (χ4n) is 2.35. The number of anilines is 1. The lowest BCUT2D eigenvalue weighted by molar-refractivity contribution is 0.493. The minimum absolute atomic E-state index is 0.810. The van der Waals surface area contributed by atoms with Crippen LogP contribution in [0.4, 0.5) is 6.01 Å². The zero-order valence-electron chi connectivity index (χ0n) is 11.5. The van der Waals surface area contributed by atoms with E-state index in [9.17, 15) is 0 Å². The molecule has 1 fully saturated rings. The molecule has 4 nitrogen and oxygen atoms in total. The molecule has 2 heterocycles. The molecule has 0 unspecified atom stereocenters. The smallest absolute Gasteiger partial charge is 0.297 e. The van der Waals surface area contributed by atoms with Crippen LogP contribution >= 0.6 is 0 Å². The van der Waals surface area contributed by atoms with Crippen molar-refractivity contribution in [3.05, 3.63) is 12.0 Å². The number of oxazole rings is 1. The van der Waals surface area contributed by atoms with Crippen LogP contribution in [0.25, 0.3) is 0 Å². The topological polar surface area (TPSA) is 41.3 Å². The van der Waals surface area contributed by atoms with Crippen LogP contribution in [0.2, 0.25) is 0 Å². The predicted octanol–water partition coefficient (Wildman–Crippen LogP) is 2.94. The number of aromatic nitrogens is 1. The highest BCUT2D eigenvalue weighted by Gasteiger charge is 2.14. The van der Waals surface area contributed by atoms with E-state index in [1.165, 1.54) is 32.1 Å². The lowest BCUT2D eigenvalue weighted by atomic mass is 10.1. The van der Waals surface area contributed by atoms with Crippen LogP contribution in [0, 0.1) is 0 Å². The average Bonchev–Trinajstić information content (AvgIpc) is 2.78. The van der Waals surface area contributed by atoms with Gasteiger partial charge in [-0.05, 0) is 25.8 Å². The zero-order chi connectivity index (χ0) is 12.6. The SMILES string of the molecule is CCCNCc1coc(N2CCCCCCC2)n1. The maximum atomic E-state index is 5.61. The Bertz CT molecular complexity index is 330. The van der Waals surface area contributed by atoms with Crippen molar-refractivity contribution in [3.63, 3.8) is 0 Å². The minimum atomic E-state index is 0.810. The van der Waals surface area contributed by atoms with Gasteiger partial charge in [0.1, 0.15) is 6.26 Å². The largest absolute Gasteiger partial charge is 0.432 e. The maximum absolute atomic E-state index is 5.61. The van der Waals surface area contributed by atoms with Gasteiger partial charge in [-0.1, -0.05) is 26.2 Å². The highest BCUT2D eigenvalue weighted by atomic mass is 16.4. The van der Waals surface area contributed by atoms with Crippen molar-refractivity contribution in [1.29, 1.82) is 0 Å². The summed E-state index contributed by atoms with van der Waals surface area (Å²) < 4.78 is 5.61. The number of hydrogen-bond acceptors (Lipinski definition) is 4. The molecule has 0 saturated carbocycles. The van der Waals surface area contributed by atoms with Gasteiger partial charge in [-0.15, -0.1) is 0 Å². The van der Waals surface area contributed by atoms with E-state index in [0.717, 1.165) is 44.3 Å². The van der Waals surface area contributed by atoms with Crippen LogP contribution < -0.4 is 10.2 Å². The molecule has 1 aliphatic rings. The Kier molecular flexibility index (Phi) is 5.52. The van der Waals surface area contributed by atoms with E-state index in [4.69, 9.17) is 4.42 Å². The van der Waals surface area contributed by atoms with Gasteiger partial charge in [-0.25, -0.2) is 0 Å². The first-order valence-corrected chi connectivity index (χ1v) is 7.30. The fraction of sp³-hybridized carbons (Fsp3) is 0.786. The van der Waals surface area contributed by atoms with E-state index in [0.29, 0.717) is 0 Å². The van der Waals surface area contributed by atoms with Crippen LogP contribution in [-0.4, -0.2) is 24.6 Å². The standard InChI is InChI=1S/C14H25N3O/c1-2-8-15-11-13-12-18-14(16-13)17-9-6-4-3-5-7-10-17/h12,15H,2-11H2,1H3. The van der Waals surface area contributed by atoms with Crippen LogP contribution in [0.5, 0.6) is 0 Å². The molecule has 4 heteroatoms. The molecule has 0 amide bonds. The van der Waals surface area contributed by atoms with Gasteiger partial charge in [0, 0.05) is 19.6 Å². The van der Waals surface area contributed by atoms with Crippen molar-refractivity contribution in [2.75, 3.05) is 24.5 Å². The summed E-state index contributed by atoms with van der Waals surface area (Å²) in [6.45, 7) is 6.18. The van der Waals surface area contributed by atoms with Gasteiger partial charge >= 0.3 is 0 Å². The quantitative estimate of drug-likeness (QED) is 0.817. The second-order valence-electron chi connectivity index (χ2n) is 5.05. The van der Waals surface area contributed by atoms with Crippen molar-refractivity contribution in [2.24, 2.45) is 0 Å².